The summed E-state index contributed by atoms with van der Waals surface area (Å²) in [5.41, 5.74) is 0.326. The minimum absolute atomic E-state index is 0.173. The number of fused-ring (bicyclic) bond motifs is 2. The number of benzene rings is 1. The largest absolute Gasteiger partial charge is 0.292 e. The number of Topliss-reactive ketones (excluding diaryl/α,β-unsaturated/α-hetero) is 1. The van der Waals surface area contributed by atoms with E-state index in [0.29, 0.717) is 11.6 Å². The first-order valence-corrected chi connectivity index (χ1v) is 6.67. The summed E-state index contributed by atoms with van der Waals surface area (Å²) in [5, 5.41) is 0. The Hall–Kier alpha value is -1.22. The summed E-state index contributed by atoms with van der Waals surface area (Å²) in [6.07, 6.45) is 5.33. The molecule has 2 nitrogen and oxygen atoms in total. The summed E-state index contributed by atoms with van der Waals surface area (Å²) in [5.74, 6) is -0.113. The fourth-order valence-electron chi connectivity index (χ4n) is 3.65. The van der Waals surface area contributed by atoms with Gasteiger partial charge < -0.3 is 0 Å². The molecule has 2 aliphatic heterocycles. The first-order valence-electron chi connectivity index (χ1n) is 6.67. The highest BCUT2D eigenvalue weighted by atomic mass is 19.1. The van der Waals surface area contributed by atoms with Crippen LogP contribution in [0.4, 0.5) is 4.39 Å². The van der Waals surface area contributed by atoms with Crippen LogP contribution in [0.5, 0.6) is 0 Å². The molecule has 1 aromatic rings. The van der Waals surface area contributed by atoms with Gasteiger partial charge in [-0.1, -0.05) is 0 Å². The van der Waals surface area contributed by atoms with E-state index in [9.17, 15) is 9.18 Å². The number of likely N-dealkylation sites (N-methyl/N-ethyl adjacent to an activating group) is 1. The SMILES string of the molecule is CN1[C@@H]2CCC[C@@]1(C(=O)c1ccc(F)cc1)CC2. The lowest BCUT2D eigenvalue weighted by Gasteiger charge is -2.41. The van der Waals surface area contributed by atoms with Crippen LogP contribution >= 0.6 is 0 Å². The minimum atomic E-state index is -0.319. The predicted molar refractivity (Wildman–Crippen MR) is 68.1 cm³/mol. The van der Waals surface area contributed by atoms with Gasteiger partial charge in [0.05, 0.1) is 5.54 Å². The molecule has 0 aliphatic carbocycles. The number of hydrogen-bond acceptors (Lipinski definition) is 2. The third-order valence-electron chi connectivity index (χ3n) is 4.77. The van der Waals surface area contributed by atoms with Gasteiger partial charge in [0.2, 0.25) is 0 Å². The van der Waals surface area contributed by atoms with Crippen molar-refractivity contribution < 1.29 is 9.18 Å². The molecule has 0 aromatic heterocycles. The molecule has 96 valence electrons. The first-order chi connectivity index (χ1) is 8.63. The topological polar surface area (TPSA) is 20.3 Å². The van der Waals surface area contributed by atoms with E-state index >= 15 is 0 Å². The Balaban J connectivity index is 1.94. The molecular weight excluding hydrogens is 229 g/mol. The van der Waals surface area contributed by atoms with Crippen molar-refractivity contribution in [1.29, 1.82) is 0 Å². The van der Waals surface area contributed by atoms with Crippen molar-refractivity contribution in [1.82, 2.24) is 4.90 Å². The zero-order valence-corrected chi connectivity index (χ0v) is 10.7. The Morgan fingerprint density at radius 1 is 1.28 bits per heavy atom. The van der Waals surface area contributed by atoms with Crippen molar-refractivity contribution >= 4 is 5.78 Å². The second-order valence-electron chi connectivity index (χ2n) is 5.56. The zero-order chi connectivity index (χ0) is 12.8. The van der Waals surface area contributed by atoms with Gasteiger partial charge in [0.25, 0.3) is 0 Å². The van der Waals surface area contributed by atoms with E-state index in [1.165, 1.54) is 18.6 Å². The standard InChI is InChI=1S/C15H18FNO/c1-17-13-3-2-9-15(17,10-8-13)14(18)11-4-6-12(16)7-5-11/h4-7,13H,2-3,8-10H2,1H3/t13-,15+/m1/s1. The molecule has 2 bridgehead atoms. The fourth-order valence-corrected chi connectivity index (χ4v) is 3.65. The predicted octanol–water partition coefficient (Wildman–Crippen LogP) is 3.03. The summed E-state index contributed by atoms with van der Waals surface area (Å²) < 4.78 is 12.9. The maximum Gasteiger partial charge on any atom is 0.183 e. The molecule has 2 atom stereocenters. The summed E-state index contributed by atoms with van der Waals surface area (Å²) in [6, 6.07) is 6.53. The number of nitrogens with zero attached hydrogens (tertiary/aromatic N) is 1. The first kappa shape index (κ1) is 11.8. The smallest absolute Gasteiger partial charge is 0.183 e. The summed E-state index contributed by atoms with van der Waals surface area (Å²) in [6.45, 7) is 0. The monoisotopic (exact) mass is 247 g/mol. The van der Waals surface area contributed by atoms with Gasteiger partial charge in [-0.3, -0.25) is 9.69 Å². The van der Waals surface area contributed by atoms with Crippen LogP contribution < -0.4 is 0 Å². The molecule has 0 saturated carbocycles. The van der Waals surface area contributed by atoms with Crippen molar-refractivity contribution in [3.8, 4) is 0 Å². The number of carbonyl (C=O) groups excluding carboxylic acids is 1. The lowest BCUT2D eigenvalue weighted by Crippen LogP contribution is -2.53. The van der Waals surface area contributed by atoms with Crippen LogP contribution in [0.15, 0.2) is 24.3 Å². The van der Waals surface area contributed by atoms with Crippen molar-refractivity contribution in [3.63, 3.8) is 0 Å². The van der Waals surface area contributed by atoms with E-state index in [1.54, 1.807) is 12.1 Å². The molecule has 18 heavy (non-hydrogen) atoms. The Labute approximate surface area is 107 Å². The Morgan fingerprint density at radius 2 is 2.00 bits per heavy atom. The van der Waals surface area contributed by atoms with Gasteiger partial charge in [0, 0.05) is 11.6 Å². The van der Waals surface area contributed by atoms with Gasteiger partial charge in [-0.05, 0) is 63.4 Å². The van der Waals surface area contributed by atoms with Crippen LogP contribution in [-0.2, 0) is 0 Å². The van der Waals surface area contributed by atoms with E-state index in [2.05, 4.69) is 11.9 Å². The number of halogens is 1. The molecule has 0 spiro atoms. The molecule has 2 aliphatic rings. The Bertz CT molecular complexity index is 466. The molecule has 1 aromatic carbocycles. The highest BCUT2D eigenvalue weighted by molar-refractivity contribution is 6.03. The molecule has 0 unspecified atom stereocenters. The number of piperidine rings is 1. The van der Waals surface area contributed by atoms with Crippen LogP contribution in [0.1, 0.15) is 42.5 Å². The average molecular weight is 247 g/mol. The zero-order valence-electron chi connectivity index (χ0n) is 10.7. The number of carbonyl (C=O) groups is 1. The van der Waals surface area contributed by atoms with E-state index in [1.807, 2.05) is 0 Å². The second-order valence-corrected chi connectivity index (χ2v) is 5.56. The van der Waals surface area contributed by atoms with E-state index < -0.39 is 0 Å². The molecule has 0 radical (unpaired) electrons. The number of ketones is 1. The average Bonchev–Trinajstić information content (AvgIpc) is 2.59. The van der Waals surface area contributed by atoms with E-state index in [4.69, 9.17) is 0 Å². The van der Waals surface area contributed by atoms with Crippen molar-refractivity contribution in [2.75, 3.05) is 7.05 Å². The van der Waals surface area contributed by atoms with Gasteiger partial charge in [-0.15, -0.1) is 0 Å². The van der Waals surface area contributed by atoms with E-state index in [-0.39, 0.29) is 17.1 Å². The summed E-state index contributed by atoms with van der Waals surface area (Å²) in [4.78, 5) is 15.0. The molecular formula is C15H18FNO. The lowest BCUT2D eigenvalue weighted by atomic mass is 9.81. The Kier molecular flexibility index (Phi) is 2.74. The molecule has 0 amide bonds. The maximum absolute atomic E-state index is 12.9. The van der Waals surface area contributed by atoms with Crippen molar-refractivity contribution in [2.45, 2.75) is 43.7 Å². The summed E-state index contributed by atoms with van der Waals surface area (Å²) in [7, 11) is 2.07. The molecule has 0 N–H and O–H groups in total. The van der Waals surface area contributed by atoms with Gasteiger partial charge in [0.1, 0.15) is 5.82 Å². The molecule has 3 rings (SSSR count). The maximum atomic E-state index is 12.9. The van der Waals surface area contributed by atoms with Crippen molar-refractivity contribution in [3.05, 3.63) is 35.6 Å². The normalized spacial score (nSPS) is 31.6. The van der Waals surface area contributed by atoms with Crippen LogP contribution in [-0.4, -0.2) is 29.3 Å². The fraction of sp³-hybridized carbons (Fsp3) is 0.533. The number of rotatable bonds is 2. The minimum Gasteiger partial charge on any atom is -0.292 e. The third-order valence-corrected chi connectivity index (χ3v) is 4.77. The van der Waals surface area contributed by atoms with Gasteiger partial charge in [-0.25, -0.2) is 4.39 Å². The van der Waals surface area contributed by atoms with Crippen molar-refractivity contribution in [2.24, 2.45) is 0 Å². The van der Waals surface area contributed by atoms with Crippen LogP contribution in [0.25, 0.3) is 0 Å². The van der Waals surface area contributed by atoms with E-state index in [0.717, 1.165) is 25.7 Å². The van der Waals surface area contributed by atoms with Crippen LogP contribution in [0.3, 0.4) is 0 Å². The molecule has 2 heterocycles. The molecule has 3 heteroatoms. The quantitative estimate of drug-likeness (QED) is 0.749. The van der Waals surface area contributed by atoms with Gasteiger partial charge >= 0.3 is 0 Å². The second kappa shape index (κ2) is 4.16. The Morgan fingerprint density at radius 3 is 2.72 bits per heavy atom. The molecule has 2 fully saturated rings. The van der Waals surface area contributed by atoms with Gasteiger partial charge in [0.15, 0.2) is 5.78 Å². The lowest BCUT2D eigenvalue weighted by molar-refractivity contribution is 0.0522. The van der Waals surface area contributed by atoms with Gasteiger partial charge in [-0.2, -0.15) is 0 Å². The molecule has 2 saturated heterocycles. The highest BCUT2D eigenvalue weighted by Crippen LogP contribution is 2.44. The highest BCUT2D eigenvalue weighted by Gasteiger charge is 2.51. The van der Waals surface area contributed by atoms with Crippen LogP contribution in [0, 0.1) is 5.82 Å². The third kappa shape index (κ3) is 1.61. The number of hydrogen-bond donors (Lipinski definition) is 0. The van der Waals surface area contributed by atoms with Crippen LogP contribution in [0.2, 0.25) is 0 Å². The summed E-state index contributed by atoms with van der Waals surface area (Å²) >= 11 is 0.